The van der Waals surface area contributed by atoms with Gasteiger partial charge in [-0.05, 0) is 31.8 Å². The molecule has 0 aliphatic heterocycles. The van der Waals surface area contributed by atoms with E-state index in [1.54, 1.807) is 13.0 Å². The molecule has 0 amide bonds. The Morgan fingerprint density at radius 2 is 2.44 bits per heavy atom. The Kier molecular flexibility index (Phi) is 2.69. The SMILES string of the molecule is CCOC(=O)C1CC2C=CC1([N+](=O)[O-])CC2. The van der Waals surface area contributed by atoms with Crippen LogP contribution in [0.2, 0.25) is 0 Å². The average molecular weight is 225 g/mol. The minimum Gasteiger partial charge on any atom is -0.466 e. The van der Waals surface area contributed by atoms with E-state index in [9.17, 15) is 14.9 Å². The molecule has 5 nitrogen and oxygen atoms in total. The number of nitro groups is 1. The summed E-state index contributed by atoms with van der Waals surface area (Å²) in [4.78, 5) is 22.6. The van der Waals surface area contributed by atoms with E-state index in [2.05, 4.69) is 0 Å². The zero-order valence-corrected chi connectivity index (χ0v) is 9.22. The van der Waals surface area contributed by atoms with E-state index in [1.165, 1.54) is 0 Å². The lowest BCUT2D eigenvalue weighted by Crippen LogP contribution is -2.53. The van der Waals surface area contributed by atoms with Gasteiger partial charge in [0.2, 0.25) is 0 Å². The van der Waals surface area contributed by atoms with Gasteiger partial charge >= 0.3 is 5.97 Å². The summed E-state index contributed by atoms with van der Waals surface area (Å²) in [5.74, 6) is -0.726. The number of hydrogen-bond donors (Lipinski definition) is 0. The van der Waals surface area contributed by atoms with Crippen LogP contribution in [0.15, 0.2) is 12.2 Å². The number of ether oxygens (including phenoxy) is 1. The van der Waals surface area contributed by atoms with Crippen molar-refractivity contribution >= 4 is 5.97 Å². The molecule has 0 spiro atoms. The van der Waals surface area contributed by atoms with Crippen LogP contribution in [0.5, 0.6) is 0 Å². The highest BCUT2D eigenvalue weighted by atomic mass is 16.6. The third-order valence-electron chi connectivity index (χ3n) is 3.63. The monoisotopic (exact) mass is 225 g/mol. The van der Waals surface area contributed by atoms with E-state index in [0.717, 1.165) is 6.42 Å². The van der Waals surface area contributed by atoms with Crippen LogP contribution in [-0.4, -0.2) is 23.0 Å². The number of rotatable bonds is 3. The van der Waals surface area contributed by atoms with Gasteiger partial charge in [-0.1, -0.05) is 6.08 Å². The Morgan fingerprint density at radius 3 is 2.94 bits per heavy atom. The molecule has 0 heterocycles. The van der Waals surface area contributed by atoms with E-state index < -0.39 is 17.4 Å². The van der Waals surface area contributed by atoms with Crippen LogP contribution in [0.1, 0.15) is 26.2 Å². The second-order valence-corrected chi connectivity index (χ2v) is 4.45. The van der Waals surface area contributed by atoms with Crippen molar-refractivity contribution in [3.63, 3.8) is 0 Å². The van der Waals surface area contributed by atoms with E-state index in [-0.39, 0.29) is 11.5 Å². The molecule has 0 N–H and O–H groups in total. The second kappa shape index (κ2) is 3.88. The number of nitrogens with zero attached hydrogens (tertiary/aromatic N) is 1. The highest BCUT2D eigenvalue weighted by Crippen LogP contribution is 2.45. The van der Waals surface area contributed by atoms with Crippen LogP contribution in [-0.2, 0) is 9.53 Å². The molecule has 3 aliphatic rings. The van der Waals surface area contributed by atoms with Gasteiger partial charge in [0.05, 0.1) is 6.61 Å². The molecular formula is C11H15NO4. The molecule has 1 saturated carbocycles. The van der Waals surface area contributed by atoms with Gasteiger partial charge in [0.25, 0.3) is 5.54 Å². The molecule has 0 radical (unpaired) electrons. The molecule has 3 rings (SSSR count). The normalized spacial score (nSPS) is 36.1. The Labute approximate surface area is 93.6 Å². The molecule has 1 fully saturated rings. The first-order valence-electron chi connectivity index (χ1n) is 5.60. The van der Waals surface area contributed by atoms with Crippen LogP contribution < -0.4 is 0 Å². The molecule has 88 valence electrons. The Bertz CT molecular complexity index is 352. The van der Waals surface area contributed by atoms with Crippen molar-refractivity contribution in [2.75, 3.05) is 6.61 Å². The van der Waals surface area contributed by atoms with Crippen molar-refractivity contribution in [3.8, 4) is 0 Å². The molecule has 0 aromatic heterocycles. The van der Waals surface area contributed by atoms with E-state index in [1.807, 2.05) is 6.08 Å². The first kappa shape index (κ1) is 11.1. The van der Waals surface area contributed by atoms with Crippen LogP contribution in [0.4, 0.5) is 0 Å². The van der Waals surface area contributed by atoms with Crippen LogP contribution >= 0.6 is 0 Å². The zero-order chi connectivity index (χ0) is 11.8. The minimum absolute atomic E-state index is 0.275. The summed E-state index contributed by atoms with van der Waals surface area (Å²) in [6, 6.07) is 0. The van der Waals surface area contributed by atoms with E-state index in [0.29, 0.717) is 18.8 Å². The highest BCUT2D eigenvalue weighted by molar-refractivity contribution is 5.75. The van der Waals surface area contributed by atoms with Crippen molar-refractivity contribution in [2.24, 2.45) is 11.8 Å². The summed E-state index contributed by atoms with van der Waals surface area (Å²) >= 11 is 0. The third kappa shape index (κ3) is 1.50. The molecule has 0 aromatic rings. The first-order valence-corrected chi connectivity index (χ1v) is 5.60. The second-order valence-electron chi connectivity index (χ2n) is 4.45. The van der Waals surface area contributed by atoms with E-state index >= 15 is 0 Å². The Morgan fingerprint density at radius 1 is 1.69 bits per heavy atom. The van der Waals surface area contributed by atoms with Crippen molar-refractivity contribution in [1.82, 2.24) is 0 Å². The summed E-state index contributed by atoms with van der Waals surface area (Å²) in [5.41, 5.74) is -1.21. The molecule has 0 saturated heterocycles. The quantitative estimate of drug-likeness (QED) is 0.316. The van der Waals surface area contributed by atoms with Crippen molar-refractivity contribution in [1.29, 1.82) is 0 Å². The number of carbonyl (C=O) groups is 1. The number of carbonyl (C=O) groups excluding carboxylic acids is 1. The summed E-state index contributed by atoms with van der Waals surface area (Å²) in [5, 5.41) is 11.2. The molecular weight excluding hydrogens is 210 g/mol. The van der Waals surface area contributed by atoms with Gasteiger partial charge in [-0.3, -0.25) is 14.9 Å². The third-order valence-corrected chi connectivity index (χ3v) is 3.63. The van der Waals surface area contributed by atoms with Crippen LogP contribution in [0.25, 0.3) is 0 Å². The maximum Gasteiger partial charge on any atom is 0.316 e. The molecule has 16 heavy (non-hydrogen) atoms. The fourth-order valence-electron chi connectivity index (χ4n) is 2.72. The zero-order valence-electron chi connectivity index (χ0n) is 9.22. The first-order chi connectivity index (χ1) is 7.60. The predicted molar refractivity (Wildman–Crippen MR) is 56.3 cm³/mol. The Hall–Kier alpha value is -1.39. The lowest BCUT2D eigenvalue weighted by molar-refractivity contribution is -0.569. The van der Waals surface area contributed by atoms with E-state index in [4.69, 9.17) is 4.74 Å². The van der Waals surface area contributed by atoms with Crippen LogP contribution in [0, 0.1) is 22.0 Å². The molecule has 3 atom stereocenters. The van der Waals surface area contributed by atoms with Crippen molar-refractivity contribution < 1.29 is 14.5 Å². The van der Waals surface area contributed by atoms with Crippen molar-refractivity contribution in [2.45, 2.75) is 31.7 Å². The maximum atomic E-state index is 11.7. The van der Waals surface area contributed by atoms with Gasteiger partial charge in [-0.25, -0.2) is 0 Å². The largest absolute Gasteiger partial charge is 0.466 e. The molecule has 5 heteroatoms. The van der Waals surface area contributed by atoms with Gasteiger partial charge in [0.1, 0.15) is 5.92 Å². The van der Waals surface area contributed by atoms with Gasteiger partial charge in [0.15, 0.2) is 0 Å². The lowest BCUT2D eigenvalue weighted by atomic mass is 9.64. The molecule has 2 bridgehead atoms. The minimum atomic E-state index is -1.21. The topological polar surface area (TPSA) is 69.4 Å². The van der Waals surface area contributed by atoms with Gasteiger partial charge in [-0.2, -0.15) is 0 Å². The number of esters is 1. The fraction of sp³-hybridized carbons (Fsp3) is 0.727. The average Bonchev–Trinajstić information content (AvgIpc) is 2.30. The number of hydrogen-bond acceptors (Lipinski definition) is 4. The molecule has 3 aliphatic carbocycles. The maximum absolute atomic E-state index is 11.7. The summed E-state index contributed by atoms with van der Waals surface area (Å²) in [6.45, 7) is 1.99. The molecule has 3 unspecified atom stereocenters. The number of fused-ring (bicyclic) bond motifs is 2. The van der Waals surface area contributed by atoms with Gasteiger partial charge in [0, 0.05) is 11.3 Å². The van der Waals surface area contributed by atoms with Gasteiger partial charge in [-0.15, -0.1) is 0 Å². The highest BCUT2D eigenvalue weighted by Gasteiger charge is 2.57. The summed E-state index contributed by atoms with van der Waals surface area (Å²) in [7, 11) is 0. The lowest BCUT2D eigenvalue weighted by Gasteiger charge is -2.40. The predicted octanol–water partition coefficient (Wildman–Crippen LogP) is 1.55. The van der Waals surface area contributed by atoms with Gasteiger partial charge < -0.3 is 4.74 Å². The summed E-state index contributed by atoms with van der Waals surface area (Å²) in [6.07, 6.45) is 5.28. The molecule has 0 aromatic carbocycles. The number of allylic oxidation sites excluding steroid dienone is 1. The fourth-order valence-corrected chi connectivity index (χ4v) is 2.72. The summed E-state index contributed by atoms with van der Waals surface area (Å²) < 4.78 is 4.93. The van der Waals surface area contributed by atoms with Crippen molar-refractivity contribution in [3.05, 3.63) is 22.3 Å². The smallest absolute Gasteiger partial charge is 0.316 e. The Balaban J connectivity index is 2.29. The standard InChI is InChI=1S/C11H15NO4/c1-2-16-10(13)9-7-8-3-5-11(9,6-4-8)12(14)15/h3,5,8-9H,2,4,6-7H2,1H3. The van der Waals surface area contributed by atoms with Crippen LogP contribution in [0.3, 0.4) is 0 Å².